The molecule has 1 unspecified atom stereocenters. The van der Waals surface area contributed by atoms with Gasteiger partial charge in [-0.2, -0.15) is 0 Å². The predicted octanol–water partition coefficient (Wildman–Crippen LogP) is 2.38. The van der Waals surface area contributed by atoms with Crippen LogP contribution in [0.4, 0.5) is 0 Å². The van der Waals surface area contributed by atoms with Gasteiger partial charge in [-0.05, 0) is 36.2 Å². The number of benzene rings is 1. The van der Waals surface area contributed by atoms with E-state index in [0.29, 0.717) is 13.0 Å². The number of hydrogen-bond acceptors (Lipinski definition) is 10. The molecule has 2 aliphatic rings. The van der Waals surface area contributed by atoms with Crippen molar-refractivity contribution in [1.82, 2.24) is 36.1 Å². The molecule has 15 nitrogen and oxygen atoms in total. The van der Waals surface area contributed by atoms with Crippen LogP contribution in [0.25, 0.3) is 0 Å². The number of rotatable bonds is 22. The molecule has 0 aromatic heterocycles. The first-order chi connectivity index (χ1) is 27.6. The number of ether oxygens (including phenoxy) is 2. The number of hydroxylamine groups is 1. The average Bonchev–Trinajstić information content (AvgIpc) is 3.69. The van der Waals surface area contributed by atoms with Gasteiger partial charge >= 0.3 is 0 Å². The van der Waals surface area contributed by atoms with E-state index in [1.807, 2.05) is 71.9 Å². The molecule has 4 N–H and O–H groups in total. The maximum Gasteiger partial charge on any atom is 0.266 e. The van der Waals surface area contributed by atoms with E-state index in [1.54, 1.807) is 30.9 Å². The van der Waals surface area contributed by atoms with Crippen LogP contribution < -0.4 is 21.4 Å². The minimum atomic E-state index is -0.900. The lowest BCUT2D eigenvalue weighted by molar-refractivity contribution is -0.148. The molecule has 1 aromatic rings. The van der Waals surface area contributed by atoms with E-state index in [0.717, 1.165) is 44.6 Å². The number of amides is 5. The smallest absolute Gasteiger partial charge is 0.266 e. The molecule has 15 heteroatoms. The van der Waals surface area contributed by atoms with Gasteiger partial charge in [0, 0.05) is 60.4 Å². The van der Waals surface area contributed by atoms with Gasteiger partial charge in [-0.3, -0.25) is 33.7 Å². The first-order valence-corrected chi connectivity index (χ1v) is 21.1. The van der Waals surface area contributed by atoms with E-state index in [9.17, 15) is 24.0 Å². The highest BCUT2D eigenvalue weighted by Gasteiger charge is 2.43. The molecular formula is C43H73N7O8. The molecule has 0 aliphatic carbocycles. The van der Waals surface area contributed by atoms with Gasteiger partial charge in [-0.15, -0.1) is 0 Å². The van der Waals surface area contributed by atoms with Gasteiger partial charge in [0.25, 0.3) is 5.91 Å². The molecule has 0 radical (unpaired) electrons. The van der Waals surface area contributed by atoms with Crippen molar-refractivity contribution in [1.29, 1.82) is 0 Å². The maximum absolute atomic E-state index is 14.4. The third-order valence-electron chi connectivity index (χ3n) is 12.1. The second-order valence-corrected chi connectivity index (χ2v) is 16.7. The Hall–Kier alpha value is -3.63. The third-order valence-corrected chi connectivity index (χ3v) is 12.1. The summed E-state index contributed by atoms with van der Waals surface area (Å²) < 4.78 is 12.0. The number of carbonyl (C=O) groups is 5. The summed E-state index contributed by atoms with van der Waals surface area (Å²) in [5.41, 5.74) is 3.20. The molecule has 58 heavy (non-hydrogen) atoms. The van der Waals surface area contributed by atoms with Gasteiger partial charge in [-0.1, -0.05) is 85.2 Å². The number of likely N-dealkylation sites (tertiary alicyclic amines) is 1. The molecule has 9 atom stereocenters. The van der Waals surface area contributed by atoms with E-state index in [1.165, 1.54) is 14.2 Å². The fourth-order valence-corrected chi connectivity index (χ4v) is 8.66. The zero-order valence-electron chi connectivity index (χ0n) is 36.9. The van der Waals surface area contributed by atoms with Crippen molar-refractivity contribution in [2.75, 3.05) is 61.1 Å². The fourth-order valence-electron chi connectivity index (χ4n) is 8.66. The van der Waals surface area contributed by atoms with E-state index in [4.69, 9.17) is 14.3 Å². The minimum Gasteiger partial charge on any atom is -0.379 e. The SMILES string of the molecule is CC[C@H](C)[C@@H](C(CC(=O)N1CCC[C@H]1[C@H](OC)[C@@H](C)C(=O)N[C@@H](Cc1ccccc1)C(=O)NOC)OC)N(C)C(=O)[C@@H](NC(=O)[C@H](C(C)C)N1CCNCC1)C(C)C. The summed E-state index contributed by atoms with van der Waals surface area (Å²) in [6, 6.07) is 6.48. The zero-order valence-corrected chi connectivity index (χ0v) is 36.9. The summed E-state index contributed by atoms with van der Waals surface area (Å²) in [7, 11) is 6.17. The maximum atomic E-state index is 14.4. The van der Waals surface area contributed by atoms with Crippen LogP contribution in [-0.2, 0) is 44.7 Å². The zero-order chi connectivity index (χ0) is 43.1. The Morgan fingerprint density at radius 1 is 0.862 bits per heavy atom. The summed E-state index contributed by atoms with van der Waals surface area (Å²) in [5, 5.41) is 9.36. The molecule has 2 aliphatic heterocycles. The highest BCUT2D eigenvalue weighted by molar-refractivity contribution is 5.90. The number of likely N-dealkylation sites (N-methyl/N-ethyl adjacent to an activating group) is 1. The molecule has 2 saturated heterocycles. The van der Waals surface area contributed by atoms with Crippen molar-refractivity contribution >= 4 is 29.5 Å². The van der Waals surface area contributed by atoms with E-state index >= 15 is 0 Å². The second kappa shape index (κ2) is 23.8. The number of nitrogens with one attached hydrogen (secondary N) is 4. The Bertz CT molecular complexity index is 1460. The Kier molecular flexibility index (Phi) is 20.0. The molecule has 2 fully saturated rings. The number of hydrogen-bond donors (Lipinski definition) is 4. The monoisotopic (exact) mass is 816 g/mol. The Balaban J connectivity index is 1.78. The quantitative estimate of drug-likeness (QED) is 0.128. The largest absolute Gasteiger partial charge is 0.379 e. The molecule has 3 rings (SSSR count). The van der Waals surface area contributed by atoms with Crippen molar-refractivity contribution in [3.8, 4) is 0 Å². The van der Waals surface area contributed by atoms with Gasteiger partial charge < -0.3 is 35.2 Å². The molecule has 0 saturated carbocycles. The van der Waals surface area contributed by atoms with Crippen LogP contribution in [0.3, 0.4) is 0 Å². The first kappa shape index (κ1) is 48.7. The number of carbonyl (C=O) groups excluding carboxylic acids is 5. The third kappa shape index (κ3) is 12.9. The van der Waals surface area contributed by atoms with Crippen LogP contribution in [0.1, 0.15) is 79.7 Å². The van der Waals surface area contributed by atoms with Crippen LogP contribution in [0.5, 0.6) is 0 Å². The van der Waals surface area contributed by atoms with Crippen molar-refractivity contribution in [2.24, 2.45) is 23.7 Å². The van der Waals surface area contributed by atoms with E-state index in [-0.39, 0.29) is 60.3 Å². The summed E-state index contributed by atoms with van der Waals surface area (Å²) in [6.45, 7) is 17.4. The topological polar surface area (TPSA) is 171 Å². The van der Waals surface area contributed by atoms with Gasteiger partial charge in [0.2, 0.25) is 23.6 Å². The van der Waals surface area contributed by atoms with E-state index in [2.05, 4.69) is 26.3 Å². The van der Waals surface area contributed by atoms with Gasteiger partial charge in [-0.25, -0.2) is 5.48 Å². The van der Waals surface area contributed by atoms with E-state index < -0.39 is 48.2 Å². The molecular weight excluding hydrogens is 743 g/mol. The number of methoxy groups -OCH3 is 2. The predicted molar refractivity (Wildman–Crippen MR) is 223 cm³/mol. The molecule has 328 valence electrons. The van der Waals surface area contributed by atoms with Crippen molar-refractivity contribution in [2.45, 2.75) is 123 Å². The Morgan fingerprint density at radius 3 is 2.07 bits per heavy atom. The summed E-state index contributed by atoms with van der Waals surface area (Å²) >= 11 is 0. The molecule has 0 spiro atoms. The standard InChI is InChI=1S/C43H73N7O8/c1-12-29(6)38(48(8)43(55)36(27(2)3)46-42(54)37(28(4)5)49-23-20-44-21-24-49)34(56-9)26-35(51)50-22-16-19-33(50)39(57-10)30(7)40(52)45-32(41(53)47-58-11)25-31-17-14-13-15-18-31/h13-15,17-18,27-30,32-34,36-39,44H,12,16,19-26H2,1-11H3,(H,45,52)(H,46,54)(H,47,53)/t29-,30+,32-,33-,34?,36-,37-,38-,39+/m0/s1. The molecule has 0 bridgehead atoms. The van der Waals surface area contributed by atoms with Crippen molar-refractivity contribution in [3.05, 3.63) is 35.9 Å². The normalized spacial score (nSPS) is 20.4. The van der Waals surface area contributed by atoms with Gasteiger partial charge in [0.15, 0.2) is 0 Å². The number of piperazine rings is 1. The van der Waals surface area contributed by atoms with Gasteiger partial charge in [0.05, 0.1) is 49.8 Å². The lowest BCUT2D eigenvalue weighted by atomic mass is 9.89. The summed E-state index contributed by atoms with van der Waals surface area (Å²) in [5.74, 6) is -2.30. The first-order valence-electron chi connectivity index (χ1n) is 21.1. The molecule has 2 heterocycles. The van der Waals surface area contributed by atoms with Crippen molar-refractivity contribution < 1.29 is 38.3 Å². The second-order valence-electron chi connectivity index (χ2n) is 16.7. The van der Waals surface area contributed by atoms with Crippen LogP contribution >= 0.6 is 0 Å². The Morgan fingerprint density at radius 2 is 1.52 bits per heavy atom. The van der Waals surface area contributed by atoms with Crippen LogP contribution in [0.15, 0.2) is 30.3 Å². The highest BCUT2D eigenvalue weighted by Crippen LogP contribution is 2.30. The van der Waals surface area contributed by atoms with Crippen LogP contribution in [-0.4, -0.2) is 148 Å². The highest BCUT2D eigenvalue weighted by atomic mass is 16.6. The van der Waals surface area contributed by atoms with Crippen molar-refractivity contribution in [3.63, 3.8) is 0 Å². The average molecular weight is 816 g/mol. The Labute approximate surface area is 347 Å². The van der Waals surface area contributed by atoms with Gasteiger partial charge in [0.1, 0.15) is 12.1 Å². The number of nitrogens with zero attached hydrogens (tertiary/aromatic N) is 3. The molecule has 5 amide bonds. The summed E-state index contributed by atoms with van der Waals surface area (Å²) in [6.07, 6.45) is 1.04. The van der Waals surface area contributed by atoms with Crippen LogP contribution in [0, 0.1) is 23.7 Å². The fraction of sp³-hybridized carbons (Fsp3) is 0.744. The minimum absolute atomic E-state index is 0.00407. The molecule has 1 aromatic carbocycles. The lowest BCUT2D eigenvalue weighted by Crippen LogP contribution is -2.61. The lowest BCUT2D eigenvalue weighted by Gasteiger charge is -2.41. The van der Waals surface area contributed by atoms with Crippen LogP contribution in [0.2, 0.25) is 0 Å². The summed E-state index contributed by atoms with van der Waals surface area (Å²) in [4.78, 5) is 79.8.